The van der Waals surface area contributed by atoms with E-state index in [1.54, 1.807) is 24.3 Å². The molecule has 0 spiro atoms. The molecule has 4 rings (SSSR count). The van der Waals surface area contributed by atoms with Crippen molar-refractivity contribution < 1.29 is 17.9 Å². The van der Waals surface area contributed by atoms with Gasteiger partial charge in [0, 0.05) is 30.3 Å². The van der Waals surface area contributed by atoms with Gasteiger partial charge in [-0.15, -0.1) is 0 Å². The van der Waals surface area contributed by atoms with Gasteiger partial charge in [-0.25, -0.2) is 17.2 Å². The topological polar surface area (TPSA) is 68.6 Å². The first-order valence-electron chi connectivity index (χ1n) is 8.69. The largest absolute Gasteiger partial charge is 0.459 e. The van der Waals surface area contributed by atoms with Crippen molar-refractivity contribution in [2.24, 2.45) is 0 Å². The van der Waals surface area contributed by atoms with Gasteiger partial charge in [-0.2, -0.15) is 0 Å². The van der Waals surface area contributed by atoms with Gasteiger partial charge >= 0.3 is 5.97 Å². The van der Waals surface area contributed by atoms with Crippen LogP contribution in [0.5, 0.6) is 0 Å². The summed E-state index contributed by atoms with van der Waals surface area (Å²) in [6, 6.07) is 7.67. The van der Waals surface area contributed by atoms with Gasteiger partial charge in [0.1, 0.15) is 16.8 Å². The van der Waals surface area contributed by atoms with Crippen molar-refractivity contribution in [3.63, 3.8) is 0 Å². The number of ether oxygens (including phenoxy) is 1. The number of aromatic nitrogens is 1. The van der Waals surface area contributed by atoms with Crippen LogP contribution in [-0.2, 0) is 14.8 Å². The van der Waals surface area contributed by atoms with Crippen molar-refractivity contribution >= 4 is 38.5 Å². The first-order chi connectivity index (χ1) is 12.3. The van der Waals surface area contributed by atoms with Crippen LogP contribution in [0, 0.1) is 0 Å². The summed E-state index contributed by atoms with van der Waals surface area (Å²) in [6.45, 7) is 0. The Morgan fingerprint density at radius 1 is 1.19 bits per heavy atom. The Morgan fingerprint density at radius 2 is 1.81 bits per heavy atom. The second-order valence-electron chi connectivity index (χ2n) is 7.26. The monoisotopic (exact) mass is 396 g/mol. The number of hydrogen-bond donors (Lipinski definition) is 0. The molecule has 2 aliphatic heterocycles. The summed E-state index contributed by atoms with van der Waals surface area (Å²) in [4.78, 5) is 15.2. The highest BCUT2D eigenvalue weighted by atomic mass is 35.5. The molecule has 2 aromatic rings. The number of benzene rings is 1. The highest BCUT2D eigenvalue weighted by Crippen LogP contribution is 2.37. The van der Waals surface area contributed by atoms with Crippen LogP contribution in [0.2, 0.25) is 5.15 Å². The molecule has 0 saturated carbocycles. The van der Waals surface area contributed by atoms with Crippen molar-refractivity contribution in [3.8, 4) is 0 Å². The number of para-hydroxylation sites is 1. The molecule has 2 unspecified atom stereocenters. The van der Waals surface area contributed by atoms with E-state index in [1.807, 2.05) is 0 Å². The van der Waals surface area contributed by atoms with E-state index < -0.39 is 16.0 Å². The maximum Gasteiger partial charge on any atom is 0.342 e. The lowest BCUT2D eigenvalue weighted by Gasteiger charge is -2.35. The van der Waals surface area contributed by atoms with E-state index in [0.717, 1.165) is 35.9 Å². The van der Waals surface area contributed by atoms with Gasteiger partial charge in [0.25, 0.3) is 0 Å². The second-order valence-corrected chi connectivity index (χ2v) is 9.45. The van der Waals surface area contributed by atoms with Gasteiger partial charge in [0.2, 0.25) is 10.0 Å². The molecule has 0 radical (unpaired) electrons. The third-order valence-corrected chi connectivity index (χ3v) is 7.14. The molecule has 3 heterocycles. The minimum atomic E-state index is -3.65. The zero-order valence-electron chi connectivity index (χ0n) is 14.7. The van der Waals surface area contributed by atoms with E-state index in [-0.39, 0.29) is 16.8 Å². The van der Waals surface area contributed by atoms with Crippen LogP contribution >= 0.6 is 11.6 Å². The predicted octanol–water partition coefficient (Wildman–Crippen LogP) is 2.88. The molecular weight excluding hydrogens is 376 g/mol. The average molecular weight is 397 g/mol. The number of piperidine rings is 1. The quantitative estimate of drug-likeness (QED) is 0.746. The van der Waals surface area contributed by atoms with E-state index >= 15 is 0 Å². The molecule has 2 atom stereocenters. The maximum absolute atomic E-state index is 12.9. The molecule has 2 aliphatic rings. The number of esters is 1. The van der Waals surface area contributed by atoms with Crippen molar-refractivity contribution in [1.29, 1.82) is 0 Å². The van der Waals surface area contributed by atoms with E-state index in [0.29, 0.717) is 23.0 Å². The van der Waals surface area contributed by atoms with Gasteiger partial charge in [0.05, 0.1) is 11.8 Å². The molecule has 6 nitrogen and oxygen atoms in total. The Balaban J connectivity index is 1.69. The molecule has 26 heavy (non-hydrogen) atoms. The number of fused-ring (bicyclic) bond motifs is 3. The summed E-state index contributed by atoms with van der Waals surface area (Å²) in [7, 11) is -1.53. The Bertz CT molecular complexity index is 970. The van der Waals surface area contributed by atoms with Crippen LogP contribution in [0.15, 0.2) is 24.3 Å². The van der Waals surface area contributed by atoms with Gasteiger partial charge in [-0.3, -0.25) is 0 Å². The van der Waals surface area contributed by atoms with Crippen molar-refractivity contribution in [3.05, 3.63) is 35.0 Å². The number of nitrogens with zero attached hydrogens (tertiary/aromatic N) is 2. The number of halogens is 1. The summed E-state index contributed by atoms with van der Waals surface area (Å²) < 4.78 is 31.1. The highest BCUT2D eigenvalue weighted by Gasteiger charge is 2.40. The average Bonchev–Trinajstić information content (AvgIpc) is 2.95. The third kappa shape index (κ3) is 2.82. The zero-order valence-corrected chi connectivity index (χ0v) is 16.3. The van der Waals surface area contributed by atoms with Crippen LogP contribution in [0.1, 0.15) is 36.0 Å². The number of hydrogen-bond acceptors (Lipinski definition) is 5. The van der Waals surface area contributed by atoms with E-state index in [9.17, 15) is 13.2 Å². The molecule has 140 valence electrons. The van der Waals surface area contributed by atoms with E-state index in [1.165, 1.54) is 0 Å². The SMILES string of the molecule is CN1C2CCC1CC(OC(=O)c1c(Cl)n(S(C)(=O)=O)c3ccccc13)C2. The first-order valence-corrected chi connectivity index (χ1v) is 10.9. The molecule has 0 N–H and O–H groups in total. The molecule has 0 amide bonds. The molecule has 2 bridgehead atoms. The van der Waals surface area contributed by atoms with Crippen LogP contribution in [0.25, 0.3) is 10.9 Å². The fourth-order valence-electron chi connectivity index (χ4n) is 4.37. The third-order valence-electron chi connectivity index (χ3n) is 5.64. The number of carbonyl (C=O) groups is 1. The summed E-state index contributed by atoms with van der Waals surface area (Å²) in [6.07, 6.45) is 4.77. The first kappa shape index (κ1) is 17.8. The van der Waals surface area contributed by atoms with Crippen molar-refractivity contribution in [1.82, 2.24) is 8.87 Å². The zero-order chi connectivity index (χ0) is 18.6. The Kier molecular flexibility index (Phi) is 4.28. The van der Waals surface area contributed by atoms with Gasteiger partial charge in [0.15, 0.2) is 0 Å². The molecule has 1 aromatic heterocycles. The van der Waals surface area contributed by atoms with Crippen molar-refractivity contribution in [2.45, 2.75) is 43.9 Å². The highest BCUT2D eigenvalue weighted by molar-refractivity contribution is 7.89. The lowest BCUT2D eigenvalue weighted by Crippen LogP contribution is -2.43. The molecular formula is C18H21ClN2O4S. The molecule has 0 aliphatic carbocycles. The molecule has 8 heteroatoms. The standard InChI is InChI=1S/C18H21ClN2O4S/c1-20-11-7-8-12(20)10-13(9-11)25-18(22)16-14-5-3-4-6-15(14)21(17(16)19)26(2,23)24/h3-6,11-13H,7-10H2,1-2H3. The van der Waals surface area contributed by atoms with Crippen LogP contribution < -0.4 is 0 Å². The van der Waals surface area contributed by atoms with Crippen LogP contribution in [-0.4, -0.2) is 54.8 Å². The number of rotatable bonds is 3. The Morgan fingerprint density at radius 3 is 2.42 bits per heavy atom. The smallest absolute Gasteiger partial charge is 0.342 e. The lowest BCUT2D eigenvalue weighted by molar-refractivity contribution is -0.000247. The van der Waals surface area contributed by atoms with Gasteiger partial charge < -0.3 is 9.64 Å². The predicted molar refractivity (Wildman–Crippen MR) is 100 cm³/mol. The van der Waals surface area contributed by atoms with Gasteiger partial charge in [-0.05, 0) is 26.0 Å². The Hall–Kier alpha value is -1.57. The summed E-state index contributed by atoms with van der Waals surface area (Å²) in [5, 5.41) is 0.374. The Labute approximate surface area is 157 Å². The minimum Gasteiger partial charge on any atom is -0.459 e. The normalized spacial score (nSPS) is 26.3. The van der Waals surface area contributed by atoms with E-state index in [2.05, 4.69) is 11.9 Å². The van der Waals surface area contributed by atoms with Crippen LogP contribution in [0.4, 0.5) is 0 Å². The van der Waals surface area contributed by atoms with E-state index in [4.69, 9.17) is 16.3 Å². The lowest BCUT2D eigenvalue weighted by atomic mass is 10.0. The molecule has 2 saturated heterocycles. The fraction of sp³-hybridized carbons (Fsp3) is 0.500. The molecule has 1 aromatic carbocycles. The van der Waals surface area contributed by atoms with Crippen molar-refractivity contribution in [2.75, 3.05) is 13.3 Å². The van der Waals surface area contributed by atoms with Crippen LogP contribution in [0.3, 0.4) is 0 Å². The minimum absolute atomic E-state index is 0.116. The summed E-state index contributed by atoms with van der Waals surface area (Å²) in [5.74, 6) is -0.553. The maximum atomic E-state index is 12.9. The fourth-order valence-corrected chi connectivity index (χ4v) is 5.91. The summed E-state index contributed by atoms with van der Waals surface area (Å²) >= 11 is 6.32. The molecule has 2 fully saturated rings. The number of carbonyl (C=O) groups excluding carboxylic acids is 1. The van der Waals surface area contributed by atoms with Gasteiger partial charge in [-0.1, -0.05) is 29.8 Å². The second kappa shape index (κ2) is 6.25. The summed E-state index contributed by atoms with van der Waals surface area (Å²) in [5.41, 5.74) is 0.509.